The van der Waals surface area contributed by atoms with E-state index in [0.29, 0.717) is 12.0 Å². The van der Waals surface area contributed by atoms with Crippen LogP contribution in [0.15, 0.2) is 9.79 Å². The molecule has 1 aromatic heterocycles. The number of ether oxygens (including phenoxy) is 1. The van der Waals surface area contributed by atoms with Crippen LogP contribution in [-0.2, 0) is 4.74 Å². The second kappa shape index (κ2) is 5.41. The van der Waals surface area contributed by atoms with Crippen LogP contribution in [0.1, 0.15) is 50.5 Å². The summed E-state index contributed by atoms with van der Waals surface area (Å²) in [6, 6.07) is 0.299. The maximum atomic E-state index is 12.4. The van der Waals surface area contributed by atoms with E-state index in [-0.39, 0.29) is 10.8 Å². The predicted molar refractivity (Wildman–Crippen MR) is 82.1 cm³/mol. The molecular weight excluding hydrogens is 274 g/mol. The summed E-state index contributed by atoms with van der Waals surface area (Å²) in [7, 11) is 0. The molecule has 1 fully saturated rings. The highest BCUT2D eigenvalue weighted by atomic mass is 32.2. The lowest BCUT2D eigenvalue weighted by Gasteiger charge is -2.27. The molecule has 0 spiro atoms. The molecule has 0 radical (unpaired) electrons. The van der Waals surface area contributed by atoms with Crippen molar-refractivity contribution in [2.24, 2.45) is 10.9 Å². The van der Waals surface area contributed by atoms with Crippen molar-refractivity contribution >= 4 is 22.6 Å². The normalized spacial score (nSPS) is 23.8. The summed E-state index contributed by atoms with van der Waals surface area (Å²) >= 11 is 1.70. The van der Waals surface area contributed by atoms with Gasteiger partial charge in [-0.3, -0.25) is 14.6 Å². The molecule has 5 nitrogen and oxygen atoms in total. The molecule has 2 aliphatic rings. The fraction of sp³-hybridized carbons (Fsp3) is 0.714. The lowest BCUT2D eigenvalue weighted by Crippen LogP contribution is -2.21. The monoisotopic (exact) mass is 295 g/mol. The van der Waals surface area contributed by atoms with Crippen molar-refractivity contribution in [3.63, 3.8) is 0 Å². The first-order valence-corrected chi connectivity index (χ1v) is 8.10. The third-order valence-corrected chi connectivity index (χ3v) is 5.41. The summed E-state index contributed by atoms with van der Waals surface area (Å²) in [5.74, 6) is 1.26. The number of aromatic nitrogens is 2. The summed E-state index contributed by atoms with van der Waals surface area (Å²) < 4.78 is 7.39. The van der Waals surface area contributed by atoms with E-state index in [9.17, 15) is 4.79 Å². The van der Waals surface area contributed by atoms with Gasteiger partial charge in [0, 0.05) is 18.5 Å². The minimum Gasteiger partial charge on any atom is -0.381 e. The number of H-pyrrole nitrogens is 1. The average molecular weight is 295 g/mol. The molecule has 3 heterocycles. The minimum atomic E-state index is 0.0222. The third kappa shape index (κ3) is 2.35. The maximum absolute atomic E-state index is 12.4. The van der Waals surface area contributed by atoms with Crippen LogP contribution in [0.5, 0.6) is 0 Å². The first kappa shape index (κ1) is 13.9. The molecule has 2 aliphatic heterocycles. The molecule has 1 saturated heterocycles. The van der Waals surface area contributed by atoms with Crippen molar-refractivity contribution in [3.05, 3.63) is 15.9 Å². The average Bonchev–Trinajstić information content (AvgIpc) is 2.76. The standard InChI is InChI=1S/C14H21N3O2S/c1-8(2)12-11-13(15-9(3)20-12)17(16-14(11)18)10-4-6-19-7-5-10/h8,10,12H,4-7H2,1-3H3,(H,16,18)/t12-/m0/s1. The predicted octanol–water partition coefficient (Wildman–Crippen LogP) is 3.02. The molecule has 0 aromatic carbocycles. The molecule has 1 aromatic rings. The van der Waals surface area contributed by atoms with Crippen molar-refractivity contribution in [3.8, 4) is 0 Å². The van der Waals surface area contributed by atoms with Gasteiger partial charge in [0.25, 0.3) is 5.56 Å². The van der Waals surface area contributed by atoms with Crippen LogP contribution in [0, 0.1) is 5.92 Å². The number of nitrogens with zero attached hydrogens (tertiary/aromatic N) is 2. The molecule has 1 atom stereocenters. The van der Waals surface area contributed by atoms with Crippen LogP contribution in [-0.4, -0.2) is 28.0 Å². The van der Waals surface area contributed by atoms with Crippen LogP contribution in [0.3, 0.4) is 0 Å². The van der Waals surface area contributed by atoms with E-state index in [2.05, 4.69) is 23.9 Å². The molecular formula is C14H21N3O2S. The van der Waals surface area contributed by atoms with Gasteiger partial charge in [-0.2, -0.15) is 0 Å². The van der Waals surface area contributed by atoms with Gasteiger partial charge < -0.3 is 4.74 Å². The fourth-order valence-electron chi connectivity index (χ4n) is 2.92. The largest absolute Gasteiger partial charge is 0.381 e. The molecule has 0 unspecified atom stereocenters. The van der Waals surface area contributed by atoms with E-state index in [4.69, 9.17) is 4.74 Å². The van der Waals surface area contributed by atoms with Gasteiger partial charge in [-0.05, 0) is 25.7 Å². The number of hydrogen-bond acceptors (Lipinski definition) is 4. The fourth-order valence-corrected chi connectivity index (χ4v) is 4.03. The first-order chi connectivity index (χ1) is 9.58. The van der Waals surface area contributed by atoms with E-state index in [1.807, 2.05) is 11.6 Å². The molecule has 0 bridgehead atoms. The van der Waals surface area contributed by atoms with Gasteiger partial charge in [-0.15, -0.1) is 11.8 Å². The quantitative estimate of drug-likeness (QED) is 0.912. The Hall–Kier alpha value is -1.01. The van der Waals surface area contributed by atoms with E-state index < -0.39 is 0 Å². The summed E-state index contributed by atoms with van der Waals surface area (Å²) in [6.45, 7) is 7.85. The van der Waals surface area contributed by atoms with Crippen molar-refractivity contribution in [1.29, 1.82) is 0 Å². The minimum absolute atomic E-state index is 0.0222. The van der Waals surface area contributed by atoms with Crippen molar-refractivity contribution in [2.45, 2.75) is 44.9 Å². The number of thioether (sulfide) groups is 1. The Kier molecular flexibility index (Phi) is 3.77. The third-order valence-electron chi connectivity index (χ3n) is 3.94. The van der Waals surface area contributed by atoms with Gasteiger partial charge in [0.15, 0.2) is 5.82 Å². The van der Waals surface area contributed by atoms with Gasteiger partial charge in [0.05, 0.1) is 16.6 Å². The van der Waals surface area contributed by atoms with Crippen LogP contribution in [0.4, 0.5) is 5.82 Å². The topological polar surface area (TPSA) is 59.4 Å². The van der Waals surface area contributed by atoms with Gasteiger partial charge in [-0.1, -0.05) is 13.8 Å². The zero-order chi connectivity index (χ0) is 14.3. The molecule has 1 N–H and O–H groups in total. The number of hydrogen-bond donors (Lipinski definition) is 1. The lowest BCUT2D eigenvalue weighted by molar-refractivity contribution is 0.0666. The van der Waals surface area contributed by atoms with Crippen LogP contribution in [0.2, 0.25) is 0 Å². The van der Waals surface area contributed by atoms with E-state index in [1.54, 1.807) is 11.8 Å². The number of aromatic amines is 1. The van der Waals surface area contributed by atoms with E-state index >= 15 is 0 Å². The Balaban J connectivity index is 2.07. The number of aliphatic imine (C=N–C) groups is 1. The Morgan fingerprint density at radius 1 is 1.40 bits per heavy atom. The molecule has 20 heavy (non-hydrogen) atoms. The molecule has 3 rings (SSSR count). The van der Waals surface area contributed by atoms with Crippen molar-refractivity contribution in [2.75, 3.05) is 13.2 Å². The second-order valence-corrected chi connectivity index (χ2v) is 7.14. The first-order valence-electron chi connectivity index (χ1n) is 7.22. The van der Waals surface area contributed by atoms with E-state index in [1.165, 1.54) is 0 Å². The van der Waals surface area contributed by atoms with Gasteiger partial charge in [0.1, 0.15) is 0 Å². The second-order valence-electron chi connectivity index (χ2n) is 5.81. The van der Waals surface area contributed by atoms with Gasteiger partial charge >= 0.3 is 0 Å². The Morgan fingerprint density at radius 2 is 2.10 bits per heavy atom. The van der Waals surface area contributed by atoms with Crippen molar-refractivity contribution < 1.29 is 4.74 Å². The van der Waals surface area contributed by atoms with Crippen LogP contribution in [0.25, 0.3) is 0 Å². The highest BCUT2D eigenvalue weighted by Gasteiger charge is 2.32. The zero-order valence-corrected chi connectivity index (χ0v) is 13.0. The van der Waals surface area contributed by atoms with Crippen molar-refractivity contribution in [1.82, 2.24) is 9.78 Å². The smallest absolute Gasteiger partial charge is 0.270 e. The summed E-state index contributed by atoms with van der Waals surface area (Å²) in [5.41, 5.74) is 0.871. The molecule has 110 valence electrons. The Labute approximate surface area is 122 Å². The lowest BCUT2D eigenvalue weighted by atomic mass is 10.0. The Morgan fingerprint density at radius 3 is 2.75 bits per heavy atom. The molecule has 0 aliphatic carbocycles. The highest BCUT2D eigenvalue weighted by molar-refractivity contribution is 8.14. The molecule has 0 amide bonds. The maximum Gasteiger partial charge on any atom is 0.270 e. The molecule has 0 saturated carbocycles. The SMILES string of the molecule is CC1=Nc2c(c(=O)[nH]n2C2CCOCC2)[C@H](C(C)C)S1. The summed E-state index contributed by atoms with van der Waals surface area (Å²) in [6.07, 6.45) is 1.87. The van der Waals surface area contributed by atoms with E-state index in [0.717, 1.165) is 42.5 Å². The van der Waals surface area contributed by atoms with Gasteiger partial charge in [-0.25, -0.2) is 4.99 Å². The molecule has 6 heteroatoms. The summed E-state index contributed by atoms with van der Waals surface area (Å²) in [4.78, 5) is 17.0. The highest BCUT2D eigenvalue weighted by Crippen LogP contribution is 2.44. The number of fused-ring (bicyclic) bond motifs is 1. The number of rotatable bonds is 2. The van der Waals surface area contributed by atoms with Crippen LogP contribution < -0.4 is 5.56 Å². The zero-order valence-electron chi connectivity index (χ0n) is 12.2. The van der Waals surface area contributed by atoms with Gasteiger partial charge in [0.2, 0.25) is 0 Å². The van der Waals surface area contributed by atoms with Crippen LogP contribution >= 0.6 is 11.8 Å². The number of nitrogens with one attached hydrogen (secondary N) is 1. The Bertz CT molecular complexity index is 582. The summed E-state index contributed by atoms with van der Waals surface area (Å²) in [5, 5.41) is 4.25.